The van der Waals surface area contributed by atoms with E-state index >= 15 is 0 Å². The standard InChI is InChI=1S/C17H26O/c1-2-3-4-5-6-7-8-15-9-11-16(12-10-15)13-17-14-18-17/h9-12,17H,2-8,13-14H2,1H3. The molecule has 1 heterocycles. The van der Waals surface area contributed by atoms with Crippen LogP contribution in [0.15, 0.2) is 24.3 Å². The van der Waals surface area contributed by atoms with Gasteiger partial charge in [-0.2, -0.15) is 0 Å². The van der Waals surface area contributed by atoms with Gasteiger partial charge in [0.1, 0.15) is 0 Å². The molecule has 0 amide bonds. The summed E-state index contributed by atoms with van der Waals surface area (Å²) in [5, 5.41) is 0. The molecule has 18 heavy (non-hydrogen) atoms. The first kappa shape index (κ1) is 13.6. The van der Waals surface area contributed by atoms with Gasteiger partial charge in [-0.1, -0.05) is 63.3 Å². The van der Waals surface area contributed by atoms with Crippen molar-refractivity contribution in [2.45, 2.75) is 64.4 Å². The summed E-state index contributed by atoms with van der Waals surface area (Å²) in [7, 11) is 0. The molecule has 0 aliphatic carbocycles. The Balaban J connectivity index is 1.60. The summed E-state index contributed by atoms with van der Waals surface area (Å²) in [5.74, 6) is 0. The van der Waals surface area contributed by atoms with Crippen LogP contribution in [0, 0.1) is 0 Å². The van der Waals surface area contributed by atoms with E-state index in [9.17, 15) is 0 Å². The Morgan fingerprint density at radius 1 is 0.944 bits per heavy atom. The molecule has 0 aromatic heterocycles. The number of ether oxygens (including phenoxy) is 1. The van der Waals surface area contributed by atoms with E-state index in [4.69, 9.17) is 4.74 Å². The molecule has 0 saturated carbocycles. The summed E-state index contributed by atoms with van der Waals surface area (Å²) < 4.78 is 5.25. The highest BCUT2D eigenvalue weighted by molar-refractivity contribution is 5.23. The van der Waals surface area contributed by atoms with Crippen molar-refractivity contribution in [1.82, 2.24) is 0 Å². The minimum absolute atomic E-state index is 0.509. The first-order chi connectivity index (χ1) is 8.88. The molecule has 1 unspecified atom stereocenters. The van der Waals surface area contributed by atoms with Crippen molar-refractivity contribution in [3.05, 3.63) is 35.4 Å². The fraction of sp³-hybridized carbons (Fsp3) is 0.647. The topological polar surface area (TPSA) is 12.5 Å². The first-order valence-corrected chi connectivity index (χ1v) is 7.58. The highest BCUT2D eigenvalue weighted by Crippen LogP contribution is 2.17. The zero-order valence-electron chi connectivity index (χ0n) is 11.7. The van der Waals surface area contributed by atoms with Crippen LogP contribution in [0.1, 0.15) is 56.6 Å². The van der Waals surface area contributed by atoms with Gasteiger partial charge >= 0.3 is 0 Å². The second-order valence-electron chi connectivity index (χ2n) is 5.49. The number of hydrogen-bond acceptors (Lipinski definition) is 1. The van der Waals surface area contributed by atoms with Gasteiger partial charge < -0.3 is 4.74 Å². The van der Waals surface area contributed by atoms with Gasteiger partial charge in [0.2, 0.25) is 0 Å². The lowest BCUT2D eigenvalue weighted by molar-refractivity contribution is 0.407. The van der Waals surface area contributed by atoms with Crippen molar-refractivity contribution in [1.29, 1.82) is 0 Å². The second kappa shape index (κ2) is 7.58. The van der Waals surface area contributed by atoms with Crippen LogP contribution in [0.3, 0.4) is 0 Å². The van der Waals surface area contributed by atoms with Crippen LogP contribution >= 0.6 is 0 Å². The van der Waals surface area contributed by atoms with Gasteiger partial charge in [0, 0.05) is 6.42 Å². The third-order valence-corrected chi connectivity index (χ3v) is 3.71. The smallest absolute Gasteiger partial charge is 0.0850 e. The molecule has 2 rings (SSSR count). The second-order valence-corrected chi connectivity index (χ2v) is 5.49. The van der Waals surface area contributed by atoms with Gasteiger partial charge in [0.05, 0.1) is 12.7 Å². The molecule has 1 heteroatoms. The van der Waals surface area contributed by atoms with E-state index in [1.165, 1.54) is 56.1 Å². The maximum Gasteiger partial charge on any atom is 0.0850 e. The van der Waals surface area contributed by atoms with Gasteiger partial charge in [-0.15, -0.1) is 0 Å². The Kier molecular flexibility index (Phi) is 5.73. The van der Waals surface area contributed by atoms with Crippen molar-refractivity contribution in [2.75, 3.05) is 6.61 Å². The molecule has 1 atom stereocenters. The molecule has 0 spiro atoms. The van der Waals surface area contributed by atoms with E-state index in [1.54, 1.807) is 0 Å². The monoisotopic (exact) mass is 246 g/mol. The molecule has 0 N–H and O–H groups in total. The van der Waals surface area contributed by atoms with Crippen molar-refractivity contribution in [3.63, 3.8) is 0 Å². The van der Waals surface area contributed by atoms with Crippen LogP contribution in [0.4, 0.5) is 0 Å². The number of unbranched alkanes of at least 4 members (excludes halogenated alkanes) is 5. The fourth-order valence-electron chi connectivity index (χ4n) is 2.40. The normalized spacial score (nSPS) is 17.9. The molecule has 100 valence electrons. The van der Waals surface area contributed by atoms with E-state index in [1.807, 2.05) is 0 Å². The molecule has 1 aliphatic heterocycles. The van der Waals surface area contributed by atoms with E-state index in [0.717, 1.165) is 13.0 Å². The Labute approximate surface area is 112 Å². The molecular formula is C17H26O. The summed E-state index contributed by atoms with van der Waals surface area (Å²) >= 11 is 0. The predicted molar refractivity (Wildman–Crippen MR) is 77.0 cm³/mol. The Morgan fingerprint density at radius 2 is 1.56 bits per heavy atom. The third kappa shape index (κ3) is 5.22. The lowest BCUT2D eigenvalue weighted by atomic mass is 10.0. The molecular weight excluding hydrogens is 220 g/mol. The summed E-state index contributed by atoms with van der Waals surface area (Å²) in [6.45, 7) is 3.23. The maximum atomic E-state index is 5.25. The molecule has 0 radical (unpaired) electrons. The zero-order chi connectivity index (χ0) is 12.6. The van der Waals surface area contributed by atoms with Crippen LogP contribution in [-0.2, 0) is 17.6 Å². The average molecular weight is 246 g/mol. The Morgan fingerprint density at radius 3 is 2.22 bits per heavy atom. The van der Waals surface area contributed by atoms with Gasteiger partial charge in [-0.05, 0) is 24.0 Å². The molecule has 1 aromatic carbocycles. The molecule has 1 nitrogen and oxygen atoms in total. The van der Waals surface area contributed by atoms with Gasteiger partial charge in [0.25, 0.3) is 0 Å². The lowest BCUT2D eigenvalue weighted by Gasteiger charge is -2.04. The van der Waals surface area contributed by atoms with Crippen LogP contribution in [0.25, 0.3) is 0 Å². The van der Waals surface area contributed by atoms with E-state index in [-0.39, 0.29) is 0 Å². The first-order valence-electron chi connectivity index (χ1n) is 7.58. The molecule has 1 aliphatic rings. The molecule has 1 aromatic rings. The number of aryl methyl sites for hydroxylation is 1. The number of rotatable bonds is 9. The van der Waals surface area contributed by atoms with Gasteiger partial charge in [0.15, 0.2) is 0 Å². The fourth-order valence-corrected chi connectivity index (χ4v) is 2.40. The van der Waals surface area contributed by atoms with Crippen LogP contribution in [0.5, 0.6) is 0 Å². The maximum absolute atomic E-state index is 5.25. The summed E-state index contributed by atoms with van der Waals surface area (Å²) in [6.07, 6.45) is 11.1. The highest BCUT2D eigenvalue weighted by atomic mass is 16.6. The van der Waals surface area contributed by atoms with Crippen LogP contribution < -0.4 is 0 Å². The SMILES string of the molecule is CCCCCCCCc1ccc(CC2CO2)cc1. The molecule has 1 saturated heterocycles. The minimum atomic E-state index is 0.509. The Hall–Kier alpha value is -0.820. The third-order valence-electron chi connectivity index (χ3n) is 3.71. The van der Waals surface area contributed by atoms with Crippen LogP contribution in [-0.4, -0.2) is 12.7 Å². The quantitative estimate of drug-likeness (QED) is 0.460. The predicted octanol–water partition coefficient (Wildman–Crippen LogP) is 4.53. The number of hydrogen-bond donors (Lipinski definition) is 0. The van der Waals surface area contributed by atoms with Crippen LogP contribution in [0.2, 0.25) is 0 Å². The highest BCUT2D eigenvalue weighted by Gasteiger charge is 2.22. The van der Waals surface area contributed by atoms with Crippen molar-refractivity contribution < 1.29 is 4.74 Å². The van der Waals surface area contributed by atoms with E-state index in [0.29, 0.717) is 6.10 Å². The van der Waals surface area contributed by atoms with Gasteiger partial charge in [-0.25, -0.2) is 0 Å². The van der Waals surface area contributed by atoms with E-state index < -0.39 is 0 Å². The zero-order valence-corrected chi connectivity index (χ0v) is 11.7. The van der Waals surface area contributed by atoms with Gasteiger partial charge in [-0.3, -0.25) is 0 Å². The van der Waals surface area contributed by atoms with Crippen molar-refractivity contribution >= 4 is 0 Å². The summed E-state index contributed by atoms with van der Waals surface area (Å²) in [5.41, 5.74) is 2.91. The molecule has 0 bridgehead atoms. The minimum Gasteiger partial charge on any atom is -0.373 e. The van der Waals surface area contributed by atoms with Crippen molar-refractivity contribution in [3.8, 4) is 0 Å². The Bertz CT molecular complexity index is 324. The number of benzene rings is 1. The largest absolute Gasteiger partial charge is 0.373 e. The lowest BCUT2D eigenvalue weighted by Crippen LogP contribution is -1.93. The molecule has 1 fully saturated rings. The average Bonchev–Trinajstić information content (AvgIpc) is 3.20. The summed E-state index contributed by atoms with van der Waals surface area (Å²) in [4.78, 5) is 0. The van der Waals surface area contributed by atoms with Crippen molar-refractivity contribution in [2.24, 2.45) is 0 Å². The number of epoxide rings is 1. The van der Waals surface area contributed by atoms with E-state index in [2.05, 4.69) is 31.2 Å². The summed E-state index contributed by atoms with van der Waals surface area (Å²) in [6, 6.07) is 9.13.